The van der Waals surface area contributed by atoms with E-state index in [0.717, 1.165) is 0 Å². The van der Waals surface area contributed by atoms with Crippen molar-refractivity contribution in [1.82, 2.24) is 0 Å². The van der Waals surface area contributed by atoms with Crippen LogP contribution in [0.15, 0.2) is 23.2 Å². The molecule has 1 rings (SSSR count). The topological polar surface area (TPSA) is 50.4 Å². The second kappa shape index (κ2) is 5.08. The molecule has 0 aliphatic heterocycles. The van der Waals surface area contributed by atoms with Crippen LogP contribution >= 0.6 is 23.2 Å². The number of nitrogens with two attached hydrogens (primary N) is 1. The van der Waals surface area contributed by atoms with Crippen LogP contribution in [-0.2, 0) is 0 Å². The number of rotatable bonds is 2. The van der Waals surface area contributed by atoms with E-state index in [1.807, 2.05) is 6.92 Å². The molecule has 1 aromatic carbocycles. The Morgan fingerprint density at radius 2 is 2.21 bits per heavy atom. The molecule has 0 aliphatic rings. The Morgan fingerprint density at radius 1 is 1.50 bits per heavy atom. The molecule has 0 aliphatic carbocycles. The number of halogens is 2. The van der Waals surface area contributed by atoms with Gasteiger partial charge in [-0.15, -0.1) is 0 Å². The van der Waals surface area contributed by atoms with Crippen molar-refractivity contribution in [3.05, 3.63) is 28.2 Å². The predicted octanol–water partition coefficient (Wildman–Crippen LogP) is 2.74. The van der Waals surface area contributed by atoms with Crippen molar-refractivity contribution in [2.24, 2.45) is 10.7 Å². The first-order valence-corrected chi connectivity index (χ1v) is 4.91. The zero-order valence-corrected chi connectivity index (χ0v) is 9.23. The molecule has 0 aromatic heterocycles. The summed E-state index contributed by atoms with van der Waals surface area (Å²) in [6, 6.07) is 5.28. The van der Waals surface area contributed by atoms with Crippen LogP contribution in [-0.4, -0.2) is 12.5 Å². The second-order valence-electron chi connectivity index (χ2n) is 2.59. The minimum absolute atomic E-state index is 0.330. The normalized spacial score (nSPS) is 11.5. The zero-order valence-electron chi connectivity index (χ0n) is 7.72. The van der Waals surface area contributed by atoms with Gasteiger partial charge >= 0.3 is 0 Å². The second-order valence-corrected chi connectivity index (χ2v) is 3.37. The molecule has 0 saturated heterocycles. The fourth-order valence-electron chi connectivity index (χ4n) is 0.948. The summed E-state index contributed by atoms with van der Waals surface area (Å²) in [5.41, 5.74) is 6.23. The van der Waals surface area contributed by atoms with Crippen molar-refractivity contribution in [2.75, 3.05) is 11.9 Å². The molecule has 0 fully saturated rings. The first kappa shape index (κ1) is 11.1. The van der Waals surface area contributed by atoms with Crippen LogP contribution in [0.1, 0.15) is 6.92 Å². The summed E-state index contributed by atoms with van der Waals surface area (Å²) in [6.45, 7) is 2.52. The molecule has 0 saturated carbocycles. The van der Waals surface area contributed by atoms with Gasteiger partial charge in [-0.2, -0.15) is 0 Å². The monoisotopic (exact) mass is 231 g/mol. The lowest BCUT2D eigenvalue weighted by Gasteiger charge is -2.07. The maximum Gasteiger partial charge on any atom is 0.193 e. The summed E-state index contributed by atoms with van der Waals surface area (Å²) < 4.78 is 0. The number of hydrogen-bond acceptors (Lipinski definition) is 1. The molecule has 76 valence electrons. The summed E-state index contributed by atoms with van der Waals surface area (Å²) in [7, 11) is 0. The standard InChI is InChI=1S/C9H11Cl2N3/c1-2-13-9(12)14-7-5-3-4-6(10)8(7)11/h3-5H,2H2,1H3,(H3,12,13,14). The molecular weight excluding hydrogens is 221 g/mol. The highest BCUT2D eigenvalue weighted by Gasteiger charge is 2.04. The molecule has 0 atom stereocenters. The van der Waals surface area contributed by atoms with Crippen LogP contribution in [0.3, 0.4) is 0 Å². The average Bonchev–Trinajstić information content (AvgIpc) is 2.13. The van der Waals surface area contributed by atoms with Gasteiger partial charge in [0, 0.05) is 6.54 Å². The number of anilines is 1. The van der Waals surface area contributed by atoms with Crippen LogP contribution in [0, 0.1) is 0 Å². The number of benzene rings is 1. The van der Waals surface area contributed by atoms with Crippen LogP contribution in [0.2, 0.25) is 10.0 Å². The van der Waals surface area contributed by atoms with Gasteiger partial charge in [-0.3, -0.25) is 4.99 Å². The molecule has 0 bridgehead atoms. The van der Waals surface area contributed by atoms with Gasteiger partial charge in [-0.25, -0.2) is 0 Å². The van der Waals surface area contributed by atoms with E-state index in [-0.39, 0.29) is 0 Å². The minimum Gasteiger partial charge on any atom is -0.370 e. The third kappa shape index (κ3) is 2.79. The number of nitrogens with zero attached hydrogens (tertiary/aromatic N) is 1. The number of nitrogens with one attached hydrogen (secondary N) is 1. The van der Waals surface area contributed by atoms with Gasteiger partial charge in [0.25, 0.3) is 0 Å². The molecule has 0 spiro atoms. The van der Waals surface area contributed by atoms with Gasteiger partial charge in [-0.05, 0) is 19.1 Å². The Balaban J connectivity index is 2.87. The molecule has 0 heterocycles. The maximum atomic E-state index is 5.93. The Morgan fingerprint density at radius 3 is 2.86 bits per heavy atom. The van der Waals surface area contributed by atoms with Gasteiger partial charge in [0.2, 0.25) is 0 Å². The smallest absolute Gasteiger partial charge is 0.193 e. The Hall–Kier alpha value is -0.930. The average molecular weight is 232 g/mol. The van der Waals surface area contributed by atoms with Gasteiger partial charge in [-0.1, -0.05) is 29.3 Å². The summed E-state index contributed by atoms with van der Waals surface area (Å²) in [4.78, 5) is 3.97. The van der Waals surface area contributed by atoms with E-state index in [0.29, 0.717) is 28.2 Å². The summed E-state index contributed by atoms with van der Waals surface area (Å²) >= 11 is 11.8. The van der Waals surface area contributed by atoms with Crippen LogP contribution in [0.25, 0.3) is 0 Å². The third-order valence-corrected chi connectivity index (χ3v) is 2.36. The lowest BCUT2D eigenvalue weighted by molar-refractivity contribution is 1.12. The van der Waals surface area contributed by atoms with E-state index in [2.05, 4.69) is 10.3 Å². The number of aliphatic imine (C=N–C) groups is 1. The van der Waals surface area contributed by atoms with Gasteiger partial charge in [0.1, 0.15) is 0 Å². The quantitative estimate of drug-likeness (QED) is 0.608. The summed E-state index contributed by atoms with van der Waals surface area (Å²) in [5, 5.41) is 3.80. The van der Waals surface area contributed by atoms with Crippen molar-refractivity contribution < 1.29 is 0 Å². The third-order valence-electron chi connectivity index (χ3n) is 1.54. The van der Waals surface area contributed by atoms with Crippen molar-refractivity contribution in [3.63, 3.8) is 0 Å². The molecule has 3 N–H and O–H groups in total. The predicted molar refractivity (Wildman–Crippen MR) is 62.2 cm³/mol. The van der Waals surface area contributed by atoms with Crippen molar-refractivity contribution >= 4 is 34.8 Å². The van der Waals surface area contributed by atoms with Crippen LogP contribution < -0.4 is 11.1 Å². The van der Waals surface area contributed by atoms with E-state index in [9.17, 15) is 0 Å². The molecule has 14 heavy (non-hydrogen) atoms. The summed E-state index contributed by atoms with van der Waals surface area (Å²) in [6.07, 6.45) is 0. The molecule has 0 amide bonds. The highest BCUT2D eigenvalue weighted by Crippen LogP contribution is 2.29. The highest BCUT2D eigenvalue weighted by atomic mass is 35.5. The van der Waals surface area contributed by atoms with E-state index in [1.165, 1.54) is 0 Å². The van der Waals surface area contributed by atoms with E-state index >= 15 is 0 Å². The van der Waals surface area contributed by atoms with E-state index in [4.69, 9.17) is 28.9 Å². The lowest BCUT2D eigenvalue weighted by atomic mass is 10.3. The van der Waals surface area contributed by atoms with Crippen LogP contribution in [0.4, 0.5) is 5.69 Å². The van der Waals surface area contributed by atoms with Gasteiger partial charge in [0.15, 0.2) is 5.96 Å². The van der Waals surface area contributed by atoms with E-state index < -0.39 is 0 Å². The van der Waals surface area contributed by atoms with Crippen molar-refractivity contribution in [3.8, 4) is 0 Å². The fraction of sp³-hybridized carbons (Fsp3) is 0.222. The zero-order chi connectivity index (χ0) is 10.6. The lowest BCUT2D eigenvalue weighted by Crippen LogP contribution is -2.22. The molecule has 0 radical (unpaired) electrons. The maximum absolute atomic E-state index is 5.93. The van der Waals surface area contributed by atoms with Crippen molar-refractivity contribution in [2.45, 2.75) is 6.92 Å². The van der Waals surface area contributed by atoms with Crippen LogP contribution in [0.5, 0.6) is 0 Å². The van der Waals surface area contributed by atoms with Gasteiger partial charge in [0.05, 0.1) is 15.7 Å². The first-order valence-electron chi connectivity index (χ1n) is 4.16. The number of hydrogen-bond donors (Lipinski definition) is 2. The van der Waals surface area contributed by atoms with E-state index in [1.54, 1.807) is 18.2 Å². The molecule has 5 heteroatoms. The Labute approximate surface area is 92.9 Å². The molecule has 1 aromatic rings. The molecule has 3 nitrogen and oxygen atoms in total. The number of guanidine groups is 1. The van der Waals surface area contributed by atoms with Gasteiger partial charge < -0.3 is 11.1 Å². The molecule has 0 unspecified atom stereocenters. The fourth-order valence-corrected chi connectivity index (χ4v) is 1.30. The largest absolute Gasteiger partial charge is 0.370 e. The Bertz CT molecular complexity index is 350. The highest BCUT2D eigenvalue weighted by molar-refractivity contribution is 6.43. The molecular formula is C9H11Cl2N3. The Kier molecular flexibility index (Phi) is 4.04. The first-order chi connectivity index (χ1) is 6.65. The van der Waals surface area contributed by atoms with Crippen molar-refractivity contribution in [1.29, 1.82) is 0 Å². The minimum atomic E-state index is 0.330. The SMILES string of the molecule is CCN=C(N)Nc1cccc(Cl)c1Cl. The summed E-state index contributed by atoms with van der Waals surface area (Å²) in [5.74, 6) is 0.330.